The van der Waals surface area contributed by atoms with E-state index in [0.717, 1.165) is 11.1 Å². The van der Waals surface area contributed by atoms with Gasteiger partial charge in [0.05, 0.1) is 0 Å². The molecule has 2 aromatic carbocycles. The Balaban J connectivity index is 1.64. The number of benzene rings is 2. The smallest absolute Gasteiger partial charge is 0.267 e. The van der Waals surface area contributed by atoms with E-state index < -0.39 is 17.3 Å². The van der Waals surface area contributed by atoms with Crippen LogP contribution >= 0.6 is 0 Å². The van der Waals surface area contributed by atoms with Gasteiger partial charge in [0.15, 0.2) is 0 Å². The van der Waals surface area contributed by atoms with Crippen molar-refractivity contribution in [1.82, 2.24) is 14.7 Å². The number of fused-ring (bicyclic) bond motifs is 1. The highest BCUT2D eigenvalue weighted by molar-refractivity contribution is 5.91. The Bertz CT molecular complexity index is 1210. The fourth-order valence-electron chi connectivity index (χ4n) is 2.79. The maximum Gasteiger partial charge on any atom is 0.267 e. The molecule has 0 spiro atoms. The molecule has 1 N–H and O–H groups in total. The fraction of sp³-hybridized carbons (Fsp3) is 0.100. The molecule has 0 fully saturated rings. The standard InChI is InChI=1S/C20H15FN4O3/c1-12-2-4-13(5-3-12)18-17-19(28-24-18)22-11-25(20(17)27)10-16(26)23-15-8-6-14(21)7-9-15/h2-9,11H,10H2,1H3,(H,23,26). The van der Waals surface area contributed by atoms with E-state index in [-0.39, 0.29) is 17.6 Å². The predicted molar refractivity (Wildman–Crippen MR) is 101 cm³/mol. The lowest BCUT2D eigenvalue weighted by atomic mass is 10.1. The van der Waals surface area contributed by atoms with E-state index in [1.54, 1.807) is 0 Å². The molecule has 0 aliphatic carbocycles. The lowest BCUT2D eigenvalue weighted by Gasteiger charge is -2.07. The molecule has 4 rings (SSSR count). The number of aryl methyl sites for hydroxylation is 1. The number of halogens is 1. The molecule has 0 aliphatic rings. The van der Waals surface area contributed by atoms with E-state index in [0.29, 0.717) is 11.4 Å². The lowest BCUT2D eigenvalue weighted by Crippen LogP contribution is -2.27. The van der Waals surface area contributed by atoms with Gasteiger partial charge in [-0.2, -0.15) is 0 Å². The van der Waals surface area contributed by atoms with Crippen LogP contribution in [0.4, 0.5) is 10.1 Å². The van der Waals surface area contributed by atoms with Gasteiger partial charge in [-0.1, -0.05) is 35.0 Å². The first-order valence-corrected chi connectivity index (χ1v) is 8.48. The van der Waals surface area contributed by atoms with Crippen LogP contribution in [-0.4, -0.2) is 20.6 Å². The van der Waals surface area contributed by atoms with Crippen LogP contribution in [0.5, 0.6) is 0 Å². The molecule has 0 bridgehead atoms. The summed E-state index contributed by atoms with van der Waals surface area (Å²) < 4.78 is 19.3. The number of rotatable bonds is 4. The number of hydrogen-bond acceptors (Lipinski definition) is 5. The molecule has 28 heavy (non-hydrogen) atoms. The summed E-state index contributed by atoms with van der Waals surface area (Å²) in [6.45, 7) is 1.70. The summed E-state index contributed by atoms with van der Waals surface area (Å²) in [4.78, 5) is 29.2. The van der Waals surface area contributed by atoms with Crippen molar-refractivity contribution in [3.63, 3.8) is 0 Å². The van der Waals surface area contributed by atoms with Gasteiger partial charge in [-0.05, 0) is 31.2 Å². The molecule has 0 unspecified atom stereocenters. The van der Waals surface area contributed by atoms with Crippen molar-refractivity contribution in [1.29, 1.82) is 0 Å². The van der Waals surface area contributed by atoms with Crippen molar-refractivity contribution in [3.8, 4) is 11.3 Å². The average Bonchev–Trinajstić information content (AvgIpc) is 3.11. The maximum atomic E-state index is 13.0. The third-order valence-electron chi connectivity index (χ3n) is 4.23. The van der Waals surface area contributed by atoms with Crippen molar-refractivity contribution in [2.45, 2.75) is 13.5 Å². The first-order chi connectivity index (χ1) is 13.5. The number of aromatic nitrogens is 3. The summed E-state index contributed by atoms with van der Waals surface area (Å²) >= 11 is 0. The largest absolute Gasteiger partial charge is 0.335 e. The number of anilines is 1. The molecule has 1 amide bonds. The summed E-state index contributed by atoms with van der Waals surface area (Å²) in [6.07, 6.45) is 1.24. The van der Waals surface area contributed by atoms with Crippen LogP contribution in [0, 0.1) is 12.7 Å². The highest BCUT2D eigenvalue weighted by Gasteiger charge is 2.18. The normalized spacial score (nSPS) is 10.9. The molecule has 8 heteroatoms. The summed E-state index contributed by atoms with van der Waals surface area (Å²) in [5.41, 5.74) is 2.27. The SMILES string of the molecule is Cc1ccc(-c2noc3ncn(CC(=O)Nc4ccc(F)cc4)c(=O)c23)cc1. The topological polar surface area (TPSA) is 90.0 Å². The first-order valence-electron chi connectivity index (χ1n) is 8.48. The number of amides is 1. The van der Waals surface area contributed by atoms with Crippen LogP contribution in [0.25, 0.3) is 22.4 Å². The van der Waals surface area contributed by atoms with E-state index in [2.05, 4.69) is 15.5 Å². The zero-order chi connectivity index (χ0) is 19.7. The van der Waals surface area contributed by atoms with E-state index in [4.69, 9.17) is 4.52 Å². The van der Waals surface area contributed by atoms with Crippen molar-refractivity contribution < 1.29 is 13.7 Å². The van der Waals surface area contributed by atoms with E-state index >= 15 is 0 Å². The molecule has 0 aliphatic heterocycles. The molecule has 4 aromatic rings. The number of carbonyl (C=O) groups is 1. The Morgan fingerprint density at radius 2 is 1.86 bits per heavy atom. The number of nitrogens with one attached hydrogen (secondary N) is 1. The molecule has 0 radical (unpaired) electrons. The molecular weight excluding hydrogens is 363 g/mol. The molecule has 0 saturated carbocycles. The van der Waals surface area contributed by atoms with Crippen molar-refractivity contribution in [3.05, 3.63) is 76.6 Å². The van der Waals surface area contributed by atoms with Crippen LogP contribution in [0.15, 0.2) is 64.2 Å². The average molecular weight is 378 g/mol. The third-order valence-corrected chi connectivity index (χ3v) is 4.23. The van der Waals surface area contributed by atoms with Gasteiger partial charge in [0.1, 0.15) is 29.8 Å². The molecule has 2 heterocycles. The highest BCUT2D eigenvalue weighted by Crippen LogP contribution is 2.24. The van der Waals surface area contributed by atoms with Crippen LogP contribution in [0.3, 0.4) is 0 Å². The van der Waals surface area contributed by atoms with Gasteiger partial charge in [0, 0.05) is 11.3 Å². The van der Waals surface area contributed by atoms with Crippen LogP contribution < -0.4 is 10.9 Å². The molecule has 2 aromatic heterocycles. The number of nitrogens with zero attached hydrogens (tertiary/aromatic N) is 3. The Kier molecular flexibility index (Phi) is 4.44. The van der Waals surface area contributed by atoms with Gasteiger partial charge in [0.25, 0.3) is 11.3 Å². The summed E-state index contributed by atoms with van der Waals surface area (Å²) in [6, 6.07) is 12.8. The molecule has 0 atom stereocenters. The van der Waals surface area contributed by atoms with E-state index in [1.807, 2.05) is 31.2 Å². The van der Waals surface area contributed by atoms with Gasteiger partial charge in [-0.15, -0.1) is 0 Å². The van der Waals surface area contributed by atoms with E-state index in [9.17, 15) is 14.0 Å². The van der Waals surface area contributed by atoms with Crippen LogP contribution in [0.1, 0.15) is 5.56 Å². The van der Waals surface area contributed by atoms with Crippen LogP contribution in [-0.2, 0) is 11.3 Å². The van der Waals surface area contributed by atoms with Crippen molar-refractivity contribution in [2.24, 2.45) is 0 Å². The second kappa shape index (κ2) is 7.07. The summed E-state index contributed by atoms with van der Waals surface area (Å²) in [7, 11) is 0. The Labute approximate surface area is 158 Å². The minimum Gasteiger partial charge on any atom is -0.335 e. The maximum absolute atomic E-state index is 13.0. The zero-order valence-corrected chi connectivity index (χ0v) is 14.8. The summed E-state index contributed by atoms with van der Waals surface area (Å²) in [5.74, 6) is -0.844. The van der Waals surface area contributed by atoms with E-state index in [1.165, 1.54) is 35.2 Å². The first kappa shape index (κ1) is 17.6. The highest BCUT2D eigenvalue weighted by atomic mass is 19.1. The van der Waals surface area contributed by atoms with Gasteiger partial charge < -0.3 is 9.84 Å². The second-order valence-corrected chi connectivity index (χ2v) is 6.31. The molecule has 7 nitrogen and oxygen atoms in total. The van der Waals surface area contributed by atoms with Gasteiger partial charge in [-0.25, -0.2) is 9.37 Å². The summed E-state index contributed by atoms with van der Waals surface area (Å²) in [5, 5.41) is 6.78. The van der Waals surface area contributed by atoms with Gasteiger partial charge in [0.2, 0.25) is 5.91 Å². The molecule has 140 valence electrons. The zero-order valence-electron chi connectivity index (χ0n) is 14.8. The second-order valence-electron chi connectivity index (χ2n) is 6.31. The predicted octanol–water partition coefficient (Wildman–Crippen LogP) is 3.14. The minimum atomic E-state index is -0.441. The Morgan fingerprint density at radius 1 is 1.14 bits per heavy atom. The molecular formula is C20H15FN4O3. The quantitative estimate of drug-likeness (QED) is 0.589. The number of hydrogen-bond donors (Lipinski definition) is 1. The minimum absolute atomic E-state index is 0.107. The Hall–Kier alpha value is -3.81. The monoisotopic (exact) mass is 378 g/mol. The lowest BCUT2D eigenvalue weighted by molar-refractivity contribution is -0.116. The number of carbonyl (C=O) groups excluding carboxylic acids is 1. The third kappa shape index (κ3) is 3.39. The van der Waals surface area contributed by atoms with Crippen molar-refractivity contribution >= 4 is 22.7 Å². The Morgan fingerprint density at radius 3 is 2.57 bits per heavy atom. The van der Waals surface area contributed by atoms with Crippen molar-refractivity contribution in [2.75, 3.05) is 5.32 Å². The fourth-order valence-corrected chi connectivity index (χ4v) is 2.79. The van der Waals surface area contributed by atoms with Crippen LogP contribution in [0.2, 0.25) is 0 Å². The van der Waals surface area contributed by atoms with Gasteiger partial charge in [-0.3, -0.25) is 14.2 Å². The van der Waals surface area contributed by atoms with Gasteiger partial charge >= 0.3 is 0 Å². The molecule has 0 saturated heterocycles.